The molecule has 2 aliphatic carbocycles. The van der Waals surface area contributed by atoms with Crippen LogP contribution in [0.4, 0.5) is 0 Å². The topological polar surface area (TPSA) is 0 Å². The van der Waals surface area contributed by atoms with E-state index in [1.807, 2.05) is 11.9 Å². The third-order valence-corrected chi connectivity index (χ3v) is 16.7. The van der Waals surface area contributed by atoms with Crippen LogP contribution in [0, 0.1) is 0 Å². The van der Waals surface area contributed by atoms with Gasteiger partial charge in [0.1, 0.15) is 0 Å². The van der Waals surface area contributed by atoms with Crippen molar-refractivity contribution in [3.05, 3.63) is 42.2 Å². The summed E-state index contributed by atoms with van der Waals surface area (Å²) < 4.78 is 3.73. The Morgan fingerprint density at radius 1 is 1.14 bits per heavy atom. The Balaban J connectivity index is 0.00000110. The molecule has 3 rings (SSSR count). The standard InChI is InChI=1S/C12H19Si.C5H5.2ClH.Hf/c1-2-3-9-13(10-6-11-13)12-7-4-5-8-12;1-2-4-5-3-1;;;/h4-5H,2-3,6-7,9-11H2,1H3;1-3H,4H2;2*1H;/q;;;;+2/p-2. The first-order valence-corrected chi connectivity index (χ1v) is 14.1. The molecule has 0 amide bonds. The molecule has 1 aliphatic heterocycles. The van der Waals surface area contributed by atoms with E-state index in [2.05, 4.69) is 37.3 Å². The van der Waals surface area contributed by atoms with Gasteiger partial charge in [0.05, 0.1) is 0 Å². The minimum absolute atomic E-state index is 0. The van der Waals surface area contributed by atoms with E-state index in [0.717, 1.165) is 0 Å². The molecule has 0 unspecified atom stereocenters. The Hall–Kier alpha value is 0.627. The van der Waals surface area contributed by atoms with Crippen molar-refractivity contribution >= 4 is 8.07 Å². The maximum Gasteiger partial charge on any atom is -1.00 e. The Labute approximate surface area is 154 Å². The Morgan fingerprint density at radius 3 is 2.52 bits per heavy atom. The van der Waals surface area contributed by atoms with Crippen LogP contribution in [-0.4, -0.2) is 8.07 Å². The van der Waals surface area contributed by atoms with Crippen molar-refractivity contribution in [2.45, 2.75) is 57.2 Å². The third kappa shape index (κ3) is 4.34. The second-order valence-corrected chi connectivity index (χ2v) is 16.0. The molecule has 4 heteroatoms. The summed E-state index contributed by atoms with van der Waals surface area (Å²) in [7, 11) is -0.948. The van der Waals surface area contributed by atoms with E-state index >= 15 is 0 Å². The summed E-state index contributed by atoms with van der Waals surface area (Å²) in [6.45, 7) is 2.36. The Bertz CT molecular complexity index is 473. The van der Waals surface area contributed by atoms with Crippen molar-refractivity contribution < 1.29 is 47.7 Å². The molecule has 0 radical (unpaired) electrons. The van der Waals surface area contributed by atoms with Crippen molar-refractivity contribution in [1.29, 1.82) is 0 Å². The molecule has 0 bridgehead atoms. The molecule has 21 heavy (non-hydrogen) atoms. The van der Waals surface area contributed by atoms with Crippen LogP contribution < -0.4 is 24.8 Å². The first kappa shape index (κ1) is 19.7. The van der Waals surface area contributed by atoms with Crippen LogP contribution in [0.5, 0.6) is 0 Å². The van der Waals surface area contributed by atoms with Gasteiger partial charge in [-0.15, -0.1) is 0 Å². The number of rotatable bonds is 6. The van der Waals surface area contributed by atoms with Crippen molar-refractivity contribution in [2.24, 2.45) is 0 Å². The number of allylic oxidation sites excluding steroid dienone is 8. The largest absolute Gasteiger partial charge is 1.00 e. The molecule has 3 aliphatic rings. The van der Waals surface area contributed by atoms with E-state index in [0.29, 0.717) is 0 Å². The zero-order valence-corrected chi connectivity index (χ0v) is 18.9. The van der Waals surface area contributed by atoms with Crippen LogP contribution in [0.2, 0.25) is 18.1 Å². The van der Waals surface area contributed by atoms with Crippen molar-refractivity contribution in [1.82, 2.24) is 0 Å². The van der Waals surface area contributed by atoms with E-state index in [1.165, 1.54) is 32.1 Å². The van der Waals surface area contributed by atoms with Gasteiger partial charge < -0.3 is 24.8 Å². The third-order valence-electron chi connectivity index (χ3n) is 4.96. The fourth-order valence-corrected chi connectivity index (χ4v) is 16.2. The monoisotopic (exact) mass is 506 g/mol. The van der Waals surface area contributed by atoms with E-state index in [-0.39, 0.29) is 24.8 Å². The first-order chi connectivity index (χ1) is 9.34. The summed E-state index contributed by atoms with van der Waals surface area (Å²) >= 11 is -0.684. The molecule has 1 fully saturated rings. The minimum Gasteiger partial charge on any atom is -1.00 e. The van der Waals surface area contributed by atoms with Gasteiger partial charge in [0, 0.05) is 0 Å². The van der Waals surface area contributed by atoms with Crippen molar-refractivity contribution in [2.75, 3.05) is 0 Å². The van der Waals surface area contributed by atoms with Crippen LogP contribution in [0.25, 0.3) is 0 Å². The van der Waals surface area contributed by atoms with E-state index in [9.17, 15) is 0 Å². The molecule has 0 aromatic rings. The molecule has 0 atom stereocenters. The fraction of sp³-hybridized carbons (Fsp3) is 0.529. The predicted octanol–water partition coefficient (Wildman–Crippen LogP) is -0.673. The average molecular weight is 506 g/mol. The normalized spacial score (nSPS) is 21.3. The summed E-state index contributed by atoms with van der Waals surface area (Å²) in [5.74, 6) is 0. The van der Waals surface area contributed by atoms with Crippen LogP contribution in [0.15, 0.2) is 42.2 Å². The van der Waals surface area contributed by atoms with E-state index in [1.54, 1.807) is 18.1 Å². The van der Waals surface area contributed by atoms with Crippen LogP contribution in [0.1, 0.15) is 39.0 Å². The van der Waals surface area contributed by atoms with Crippen molar-refractivity contribution in [3.8, 4) is 0 Å². The fourth-order valence-electron chi connectivity index (χ4n) is 3.66. The molecule has 0 saturated carbocycles. The van der Waals surface area contributed by atoms with Gasteiger partial charge in [0.25, 0.3) is 0 Å². The quantitative estimate of drug-likeness (QED) is 0.420. The molecular weight excluding hydrogens is 482 g/mol. The van der Waals surface area contributed by atoms with Crippen molar-refractivity contribution in [3.63, 3.8) is 0 Å². The Kier molecular flexibility index (Phi) is 8.48. The zero-order valence-electron chi connectivity index (χ0n) is 12.8. The zero-order chi connectivity index (χ0) is 13.1. The Morgan fingerprint density at radius 2 is 1.95 bits per heavy atom. The molecule has 0 N–H and O–H groups in total. The van der Waals surface area contributed by atoms with Crippen LogP contribution in [-0.2, 0) is 22.9 Å². The SMILES string of the molecule is CCCC[Si]1(C2=[C]([Hf+2][C]3=CC=CC3)C=CC2)CCC1.[Cl-].[Cl-]. The smallest absolute Gasteiger partial charge is 1.00 e. The number of hydrogen-bond acceptors (Lipinski definition) is 0. The van der Waals surface area contributed by atoms with Gasteiger partial charge in [-0.2, -0.15) is 0 Å². The second kappa shape index (κ2) is 9.05. The summed E-state index contributed by atoms with van der Waals surface area (Å²) in [4.78, 5) is 0. The number of hydrogen-bond donors (Lipinski definition) is 0. The molecule has 1 heterocycles. The van der Waals surface area contributed by atoms with E-state index < -0.39 is 31.0 Å². The molecular formula is C17H24Cl2HfSi. The molecule has 0 aromatic heterocycles. The summed E-state index contributed by atoms with van der Waals surface area (Å²) in [6, 6.07) is 4.84. The van der Waals surface area contributed by atoms with Gasteiger partial charge >= 0.3 is 130 Å². The van der Waals surface area contributed by atoms with Crippen LogP contribution >= 0.6 is 0 Å². The maximum atomic E-state index is 2.54. The molecule has 0 nitrogen and oxygen atoms in total. The van der Waals surface area contributed by atoms with Gasteiger partial charge in [-0.25, -0.2) is 0 Å². The molecule has 0 aromatic carbocycles. The van der Waals surface area contributed by atoms with Gasteiger partial charge in [0.15, 0.2) is 0 Å². The van der Waals surface area contributed by atoms with E-state index in [4.69, 9.17) is 0 Å². The maximum absolute atomic E-state index is 2.54. The average Bonchev–Trinajstić information content (AvgIpc) is 3.01. The molecule has 114 valence electrons. The number of halogens is 2. The molecule has 0 spiro atoms. The summed E-state index contributed by atoms with van der Waals surface area (Å²) in [5, 5.41) is 2.03. The van der Waals surface area contributed by atoms with Gasteiger partial charge in [0.2, 0.25) is 0 Å². The first-order valence-electron chi connectivity index (χ1n) is 7.87. The second-order valence-electron chi connectivity index (χ2n) is 6.19. The number of unbranched alkanes of at least 4 members (excludes halogenated alkanes) is 1. The van der Waals surface area contributed by atoms with Gasteiger partial charge in [-0.3, -0.25) is 0 Å². The van der Waals surface area contributed by atoms with Gasteiger partial charge in [-0.05, 0) is 0 Å². The summed E-state index contributed by atoms with van der Waals surface area (Å²) in [5.41, 5.74) is 0. The predicted molar refractivity (Wildman–Crippen MR) is 82.3 cm³/mol. The minimum atomic E-state index is -0.948. The molecule has 1 saturated heterocycles. The van der Waals surface area contributed by atoms with Crippen LogP contribution in [0.3, 0.4) is 0 Å². The summed E-state index contributed by atoms with van der Waals surface area (Å²) in [6.07, 6.45) is 19.1. The van der Waals surface area contributed by atoms with Gasteiger partial charge in [-0.1, -0.05) is 0 Å².